The highest BCUT2D eigenvalue weighted by Gasteiger charge is 2.33. The van der Waals surface area contributed by atoms with Crippen molar-refractivity contribution in [3.63, 3.8) is 0 Å². The molecule has 1 aromatic carbocycles. The maximum atomic E-state index is 12.9. The molecule has 0 aliphatic carbocycles. The molecule has 0 bridgehead atoms. The van der Waals surface area contributed by atoms with Crippen LogP contribution in [0.15, 0.2) is 36.5 Å². The summed E-state index contributed by atoms with van der Waals surface area (Å²) in [5, 5.41) is 2.84. The first-order valence-electron chi connectivity index (χ1n) is 7.11. The summed E-state index contributed by atoms with van der Waals surface area (Å²) in [6, 6.07) is 8.46. The van der Waals surface area contributed by atoms with E-state index in [0.717, 1.165) is 0 Å². The number of nitrogens with one attached hydrogen (secondary N) is 1. The molecule has 1 aliphatic heterocycles. The minimum Gasteiger partial charge on any atom is -0.477 e. The fourth-order valence-corrected chi connectivity index (χ4v) is 2.69. The van der Waals surface area contributed by atoms with Crippen LogP contribution in [-0.2, 0) is 4.79 Å². The zero-order valence-corrected chi connectivity index (χ0v) is 14.1. The van der Waals surface area contributed by atoms with Crippen molar-refractivity contribution in [2.75, 3.05) is 18.5 Å². The van der Waals surface area contributed by atoms with Gasteiger partial charge in [-0.3, -0.25) is 9.59 Å². The Morgan fingerprint density at radius 2 is 2.08 bits per heavy atom. The van der Waals surface area contributed by atoms with Crippen LogP contribution in [0.25, 0.3) is 0 Å². The van der Waals surface area contributed by atoms with Gasteiger partial charge in [-0.25, -0.2) is 4.98 Å². The molecule has 2 amide bonds. The summed E-state index contributed by atoms with van der Waals surface area (Å²) in [5.74, 6) is -0.195. The third kappa shape index (κ3) is 3.02. The second kappa shape index (κ2) is 6.67. The second-order valence-corrected chi connectivity index (χ2v) is 5.87. The summed E-state index contributed by atoms with van der Waals surface area (Å²) in [6.45, 7) is 0.0791. The van der Waals surface area contributed by atoms with Crippen LogP contribution in [0.3, 0.4) is 0 Å². The number of ether oxygens (including phenoxy) is 1. The van der Waals surface area contributed by atoms with E-state index in [-0.39, 0.29) is 34.1 Å². The van der Waals surface area contributed by atoms with Crippen molar-refractivity contribution in [2.45, 2.75) is 6.10 Å². The van der Waals surface area contributed by atoms with E-state index >= 15 is 0 Å². The fourth-order valence-electron chi connectivity index (χ4n) is 2.42. The van der Waals surface area contributed by atoms with Crippen molar-refractivity contribution in [1.82, 2.24) is 10.3 Å². The molecule has 6 nitrogen and oxygen atoms in total. The fraction of sp³-hybridized carbons (Fsp3) is 0.188. The topological polar surface area (TPSA) is 71.5 Å². The van der Waals surface area contributed by atoms with Gasteiger partial charge >= 0.3 is 0 Å². The smallest absolute Gasteiger partial charge is 0.262 e. The number of carbonyl (C=O) groups excluding carboxylic acids is 2. The molecule has 2 aromatic rings. The lowest BCUT2D eigenvalue weighted by Crippen LogP contribution is -2.50. The van der Waals surface area contributed by atoms with Crippen LogP contribution in [0.1, 0.15) is 10.4 Å². The third-order valence-electron chi connectivity index (χ3n) is 3.60. The molecule has 0 fully saturated rings. The number of carbonyl (C=O) groups is 2. The number of fused-ring (bicyclic) bond motifs is 1. The first-order valence-corrected chi connectivity index (χ1v) is 7.87. The molecule has 1 unspecified atom stereocenters. The van der Waals surface area contributed by atoms with E-state index in [9.17, 15) is 9.59 Å². The van der Waals surface area contributed by atoms with Crippen LogP contribution < -0.4 is 15.0 Å². The Morgan fingerprint density at radius 3 is 2.79 bits per heavy atom. The van der Waals surface area contributed by atoms with Gasteiger partial charge < -0.3 is 15.0 Å². The van der Waals surface area contributed by atoms with Crippen LogP contribution in [0.4, 0.5) is 5.69 Å². The van der Waals surface area contributed by atoms with Gasteiger partial charge in [-0.15, -0.1) is 0 Å². The van der Waals surface area contributed by atoms with Gasteiger partial charge in [0.25, 0.3) is 11.8 Å². The molecule has 2 heterocycles. The molecule has 0 spiro atoms. The van der Waals surface area contributed by atoms with Crippen molar-refractivity contribution in [3.05, 3.63) is 52.3 Å². The number of hydrogen-bond acceptors (Lipinski definition) is 4. The van der Waals surface area contributed by atoms with Crippen LogP contribution in [0.2, 0.25) is 10.2 Å². The quantitative estimate of drug-likeness (QED) is 0.830. The lowest BCUT2D eigenvalue weighted by atomic mass is 10.1. The van der Waals surface area contributed by atoms with Gasteiger partial charge in [0, 0.05) is 13.2 Å². The van der Waals surface area contributed by atoms with E-state index in [1.54, 1.807) is 24.3 Å². The highest BCUT2D eigenvalue weighted by molar-refractivity contribution is 6.41. The number of pyridine rings is 1. The highest BCUT2D eigenvalue weighted by atomic mass is 35.5. The standard InChI is InChI=1S/C16H13Cl2N3O3/c1-19-15(22)13-8-21(11-4-2-3-5-12(11)24-13)16(23)9-6-10(17)14(18)20-7-9/h2-7,13H,8H2,1H3,(H,19,22). The van der Waals surface area contributed by atoms with E-state index in [1.165, 1.54) is 24.2 Å². The summed E-state index contributed by atoms with van der Waals surface area (Å²) in [5.41, 5.74) is 0.852. The summed E-state index contributed by atoms with van der Waals surface area (Å²) < 4.78 is 5.67. The molecule has 1 aliphatic rings. The van der Waals surface area contributed by atoms with Crippen LogP contribution >= 0.6 is 23.2 Å². The van der Waals surface area contributed by atoms with E-state index in [2.05, 4.69) is 10.3 Å². The molecule has 1 atom stereocenters. The lowest BCUT2D eigenvalue weighted by molar-refractivity contribution is -0.127. The van der Waals surface area contributed by atoms with E-state index < -0.39 is 6.10 Å². The summed E-state index contributed by atoms with van der Waals surface area (Å²) in [4.78, 5) is 30.2. The molecular formula is C16H13Cl2N3O3. The van der Waals surface area contributed by atoms with Gasteiger partial charge in [-0.05, 0) is 18.2 Å². The monoisotopic (exact) mass is 365 g/mol. The summed E-state index contributed by atoms with van der Waals surface area (Å²) in [6.07, 6.45) is 0.549. The Morgan fingerprint density at radius 1 is 1.33 bits per heavy atom. The van der Waals surface area contributed by atoms with Crippen molar-refractivity contribution in [3.8, 4) is 5.75 Å². The van der Waals surface area contributed by atoms with Crippen molar-refractivity contribution >= 4 is 40.7 Å². The average molecular weight is 366 g/mol. The van der Waals surface area contributed by atoms with Crippen molar-refractivity contribution < 1.29 is 14.3 Å². The Balaban J connectivity index is 1.99. The van der Waals surface area contributed by atoms with Crippen LogP contribution in [-0.4, -0.2) is 36.5 Å². The largest absolute Gasteiger partial charge is 0.477 e. The number of likely N-dealkylation sites (N-methyl/N-ethyl adjacent to an activating group) is 1. The number of para-hydroxylation sites is 2. The SMILES string of the molecule is CNC(=O)C1CN(C(=O)c2cnc(Cl)c(Cl)c2)c2ccccc2O1. The molecule has 0 saturated carbocycles. The second-order valence-electron chi connectivity index (χ2n) is 5.10. The zero-order chi connectivity index (χ0) is 17.3. The number of halogens is 2. The van der Waals surface area contributed by atoms with Gasteiger partial charge in [0.15, 0.2) is 6.10 Å². The van der Waals surface area contributed by atoms with Gasteiger partial charge in [0.1, 0.15) is 10.9 Å². The van der Waals surface area contributed by atoms with Gasteiger partial charge in [-0.1, -0.05) is 35.3 Å². The van der Waals surface area contributed by atoms with Crippen LogP contribution in [0, 0.1) is 0 Å². The molecule has 0 radical (unpaired) electrons. The Kier molecular flexibility index (Phi) is 4.59. The van der Waals surface area contributed by atoms with E-state index in [1.807, 2.05) is 0 Å². The number of nitrogens with zero attached hydrogens (tertiary/aromatic N) is 2. The Bertz CT molecular complexity index is 813. The molecule has 1 aromatic heterocycles. The van der Waals surface area contributed by atoms with Crippen molar-refractivity contribution in [2.24, 2.45) is 0 Å². The van der Waals surface area contributed by atoms with E-state index in [4.69, 9.17) is 27.9 Å². The van der Waals surface area contributed by atoms with E-state index in [0.29, 0.717) is 11.4 Å². The molecule has 124 valence electrons. The Hall–Kier alpha value is -2.31. The zero-order valence-electron chi connectivity index (χ0n) is 12.6. The molecule has 1 N–H and O–H groups in total. The number of benzene rings is 1. The van der Waals surface area contributed by atoms with Gasteiger partial charge in [0.2, 0.25) is 0 Å². The average Bonchev–Trinajstić information content (AvgIpc) is 2.61. The number of hydrogen-bond donors (Lipinski definition) is 1. The minimum absolute atomic E-state index is 0.0791. The molecule has 0 saturated heterocycles. The summed E-state index contributed by atoms with van der Waals surface area (Å²) >= 11 is 11.7. The lowest BCUT2D eigenvalue weighted by Gasteiger charge is -2.34. The molecule has 8 heteroatoms. The number of anilines is 1. The van der Waals surface area contributed by atoms with Crippen LogP contribution in [0.5, 0.6) is 5.75 Å². The maximum absolute atomic E-state index is 12.9. The number of rotatable bonds is 2. The molecule has 3 rings (SSSR count). The maximum Gasteiger partial charge on any atom is 0.262 e. The number of aromatic nitrogens is 1. The normalized spacial score (nSPS) is 16.1. The predicted octanol–water partition coefficient (Wildman–Crippen LogP) is 2.54. The highest BCUT2D eigenvalue weighted by Crippen LogP contribution is 2.34. The summed E-state index contributed by atoms with van der Waals surface area (Å²) in [7, 11) is 1.52. The molecular weight excluding hydrogens is 353 g/mol. The predicted molar refractivity (Wildman–Crippen MR) is 90.9 cm³/mol. The van der Waals surface area contributed by atoms with Gasteiger partial charge in [-0.2, -0.15) is 0 Å². The first kappa shape index (κ1) is 16.5. The number of amides is 2. The Labute approximate surface area is 148 Å². The minimum atomic E-state index is -0.801. The molecule has 24 heavy (non-hydrogen) atoms. The van der Waals surface area contributed by atoms with Gasteiger partial charge in [0.05, 0.1) is 22.8 Å². The van der Waals surface area contributed by atoms with Crippen molar-refractivity contribution in [1.29, 1.82) is 0 Å². The third-order valence-corrected chi connectivity index (χ3v) is 4.29. The first-order chi connectivity index (χ1) is 11.5.